The Morgan fingerprint density at radius 3 is 2.84 bits per heavy atom. The molecule has 1 fully saturated rings. The molecule has 2 aromatic rings. The maximum atomic E-state index is 9.30. The number of benzene rings is 1. The maximum absolute atomic E-state index is 9.30. The molecule has 1 N–H and O–H groups in total. The number of aromatic nitrogens is 2. The molecule has 0 atom stereocenters. The van der Waals surface area contributed by atoms with Gasteiger partial charge in [-0.1, -0.05) is 36.6 Å². The largest absolute Gasteiger partial charge is 0.411 e. The van der Waals surface area contributed by atoms with Crippen molar-refractivity contribution in [1.82, 2.24) is 9.55 Å². The van der Waals surface area contributed by atoms with Gasteiger partial charge in [-0.2, -0.15) is 0 Å². The van der Waals surface area contributed by atoms with E-state index in [0.717, 1.165) is 29.6 Å². The number of para-hydroxylation sites is 2. The minimum Gasteiger partial charge on any atom is -0.411 e. The van der Waals surface area contributed by atoms with Crippen LogP contribution in [0.25, 0.3) is 11.0 Å². The Bertz CT molecular complexity index is 582. The molecule has 19 heavy (non-hydrogen) atoms. The molecule has 1 aromatic carbocycles. The lowest BCUT2D eigenvalue weighted by atomic mass is 9.86. The standard InChI is InChI=1S/C15H19N3O/c19-17-14(12-6-2-1-3-7-12)10-18-11-16-13-8-4-5-9-15(13)18/h4-5,8-9,11-12,19H,1-3,6-7,10H2/b17-14+. The molecule has 0 amide bonds. The van der Waals surface area contributed by atoms with Gasteiger partial charge in [0.1, 0.15) is 0 Å². The van der Waals surface area contributed by atoms with Crippen molar-refractivity contribution in [3.8, 4) is 0 Å². The fourth-order valence-corrected chi connectivity index (χ4v) is 2.99. The van der Waals surface area contributed by atoms with E-state index in [4.69, 9.17) is 0 Å². The number of fused-ring (bicyclic) bond motifs is 1. The third-order valence-corrected chi connectivity index (χ3v) is 4.06. The highest BCUT2D eigenvalue weighted by atomic mass is 16.4. The number of nitrogens with zero attached hydrogens (tertiary/aromatic N) is 3. The van der Waals surface area contributed by atoms with Crippen LogP contribution in [0.2, 0.25) is 0 Å². The van der Waals surface area contributed by atoms with Gasteiger partial charge < -0.3 is 9.77 Å². The maximum Gasteiger partial charge on any atom is 0.0961 e. The van der Waals surface area contributed by atoms with Gasteiger partial charge in [-0.05, 0) is 25.0 Å². The predicted molar refractivity (Wildman–Crippen MR) is 75.5 cm³/mol. The van der Waals surface area contributed by atoms with Crippen molar-refractivity contribution in [3.63, 3.8) is 0 Å². The topological polar surface area (TPSA) is 50.4 Å². The molecule has 1 aliphatic carbocycles. The first-order valence-electron chi connectivity index (χ1n) is 6.99. The molecule has 4 nitrogen and oxygen atoms in total. The minimum absolute atomic E-state index is 0.430. The van der Waals surface area contributed by atoms with Crippen molar-refractivity contribution in [3.05, 3.63) is 30.6 Å². The van der Waals surface area contributed by atoms with Crippen molar-refractivity contribution in [1.29, 1.82) is 0 Å². The first kappa shape index (κ1) is 12.2. The van der Waals surface area contributed by atoms with Crippen LogP contribution in [-0.4, -0.2) is 20.5 Å². The summed E-state index contributed by atoms with van der Waals surface area (Å²) >= 11 is 0. The highest BCUT2D eigenvalue weighted by Crippen LogP contribution is 2.26. The summed E-state index contributed by atoms with van der Waals surface area (Å²) in [5.74, 6) is 0.430. The van der Waals surface area contributed by atoms with Gasteiger partial charge in [0.25, 0.3) is 0 Å². The van der Waals surface area contributed by atoms with Gasteiger partial charge in [0.05, 0.1) is 29.6 Å². The van der Waals surface area contributed by atoms with Crippen LogP contribution in [0.3, 0.4) is 0 Å². The summed E-state index contributed by atoms with van der Waals surface area (Å²) in [4.78, 5) is 4.38. The van der Waals surface area contributed by atoms with E-state index >= 15 is 0 Å². The molecule has 1 heterocycles. The summed E-state index contributed by atoms with van der Waals surface area (Å²) in [7, 11) is 0. The Balaban J connectivity index is 1.82. The zero-order valence-electron chi connectivity index (χ0n) is 11.0. The van der Waals surface area contributed by atoms with Crippen LogP contribution < -0.4 is 0 Å². The highest BCUT2D eigenvalue weighted by molar-refractivity contribution is 5.87. The first-order valence-corrected chi connectivity index (χ1v) is 6.99. The number of rotatable bonds is 3. The van der Waals surface area contributed by atoms with E-state index in [1.165, 1.54) is 19.3 Å². The fraction of sp³-hybridized carbons (Fsp3) is 0.467. The summed E-state index contributed by atoms with van der Waals surface area (Å²) in [5, 5.41) is 12.9. The lowest BCUT2D eigenvalue weighted by Crippen LogP contribution is -2.22. The first-order chi connectivity index (χ1) is 9.38. The summed E-state index contributed by atoms with van der Waals surface area (Å²) in [5.41, 5.74) is 2.98. The van der Waals surface area contributed by atoms with Crippen molar-refractivity contribution >= 4 is 16.7 Å². The molecule has 0 radical (unpaired) electrons. The van der Waals surface area contributed by atoms with Crippen molar-refractivity contribution in [2.45, 2.75) is 38.6 Å². The summed E-state index contributed by atoms with van der Waals surface area (Å²) in [6.45, 7) is 0.641. The van der Waals surface area contributed by atoms with E-state index in [-0.39, 0.29) is 0 Å². The van der Waals surface area contributed by atoms with Gasteiger partial charge in [0.2, 0.25) is 0 Å². The van der Waals surface area contributed by atoms with E-state index in [0.29, 0.717) is 12.5 Å². The van der Waals surface area contributed by atoms with Crippen LogP contribution in [0.15, 0.2) is 35.7 Å². The van der Waals surface area contributed by atoms with Gasteiger partial charge in [-0.15, -0.1) is 0 Å². The van der Waals surface area contributed by atoms with Gasteiger partial charge in [-0.3, -0.25) is 0 Å². The van der Waals surface area contributed by atoms with E-state index in [9.17, 15) is 5.21 Å². The molecule has 0 bridgehead atoms. The molecular weight excluding hydrogens is 238 g/mol. The van der Waals surface area contributed by atoms with E-state index in [1.807, 2.05) is 24.5 Å². The molecule has 0 unspecified atom stereocenters. The highest BCUT2D eigenvalue weighted by Gasteiger charge is 2.20. The van der Waals surface area contributed by atoms with Crippen LogP contribution in [0.1, 0.15) is 32.1 Å². The second-order valence-electron chi connectivity index (χ2n) is 5.29. The van der Waals surface area contributed by atoms with Gasteiger partial charge >= 0.3 is 0 Å². The normalized spacial score (nSPS) is 18.0. The monoisotopic (exact) mass is 257 g/mol. The summed E-state index contributed by atoms with van der Waals surface area (Å²) in [6, 6.07) is 8.05. The SMILES string of the molecule is O/N=C(\Cn1cnc2ccccc21)C1CCCCC1. The van der Waals surface area contributed by atoms with Crippen molar-refractivity contribution in [2.24, 2.45) is 11.1 Å². The Hall–Kier alpha value is -1.84. The molecular formula is C15H19N3O. The summed E-state index contributed by atoms with van der Waals surface area (Å²) < 4.78 is 2.07. The molecule has 0 saturated heterocycles. The summed E-state index contributed by atoms with van der Waals surface area (Å²) in [6.07, 6.45) is 7.92. The molecule has 4 heteroatoms. The van der Waals surface area contributed by atoms with Gasteiger partial charge in [0, 0.05) is 5.92 Å². The molecule has 3 rings (SSSR count). The average Bonchev–Trinajstić information content (AvgIpc) is 2.89. The molecule has 1 aromatic heterocycles. The molecule has 0 spiro atoms. The van der Waals surface area contributed by atoms with Crippen LogP contribution in [0, 0.1) is 5.92 Å². The third kappa shape index (κ3) is 2.48. The Labute approximate surface area is 112 Å². The zero-order chi connectivity index (χ0) is 13.1. The molecule has 0 aliphatic heterocycles. The average molecular weight is 257 g/mol. The van der Waals surface area contributed by atoms with E-state index in [1.54, 1.807) is 0 Å². The molecule has 100 valence electrons. The van der Waals surface area contributed by atoms with Gasteiger partial charge in [0.15, 0.2) is 0 Å². The van der Waals surface area contributed by atoms with E-state index < -0.39 is 0 Å². The quantitative estimate of drug-likeness (QED) is 0.520. The fourth-order valence-electron chi connectivity index (χ4n) is 2.99. The number of imidazole rings is 1. The van der Waals surface area contributed by atoms with Crippen molar-refractivity contribution in [2.75, 3.05) is 0 Å². The smallest absolute Gasteiger partial charge is 0.0961 e. The molecule has 1 aliphatic rings. The van der Waals surface area contributed by atoms with Crippen molar-refractivity contribution < 1.29 is 5.21 Å². The number of oxime groups is 1. The predicted octanol–water partition coefficient (Wildman–Crippen LogP) is 3.45. The number of hydrogen-bond donors (Lipinski definition) is 1. The van der Waals surface area contributed by atoms with Crippen LogP contribution in [0.4, 0.5) is 0 Å². The second kappa shape index (κ2) is 5.43. The van der Waals surface area contributed by atoms with Crippen LogP contribution >= 0.6 is 0 Å². The lowest BCUT2D eigenvalue weighted by molar-refractivity contribution is 0.307. The third-order valence-electron chi connectivity index (χ3n) is 4.06. The zero-order valence-corrected chi connectivity index (χ0v) is 11.0. The number of hydrogen-bond acceptors (Lipinski definition) is 3. The Morgan fingerprint density at radius 2 is 2.05 bits per heavy atom. The second-order valence-corrected chi connectivity index (χ2v) is 5.29. The molecule has 1 saturated carbocycles. The Morgan fingerprint density at radius 1 is 1.26 bits per heavy atom. The van der Waals surface area contributed by atoms with E-state index in [2.05, 4.69) is 20.8 Å². The Kier molecular flexibility index (Phi) is 3.49. The van der Waals surface area contributed by atoms with Gasteiger partial charge in [-0.25, -0.2) is 4.98 Å². The van der Waals surface area contributed by atoms with Crippen LogP contribution in [-0.2, 0) is 6.54 Å². The minimum atomic E-state index is 0.430. The lowest BCUT2D eigenvalue weighted by Gasteiger charge is -2.22. The van der Waals surface area contributed by atoms with Crippen LogP contribution in [0.5, 0.6) is 0 Å².